The number of halogens is 1. The van der Waals surface area contributed by atoms with Crippen molar-refractivity contribution in [3.63, 3.8) is 0 Å². The van der Waals surface area contributed by atoms with Crippen LogP contribution >= 0.6 is 0 Å². The number of alkyl halides is 1. The lowest BCUT2D eigenvalue weighted by molar-refractivity contribution is 0.0711. The number of carbonyl (C=O) groups is 1. The lowest BCUT2D eigenvalue weighted by Crippen LogP contribution is -2.49. The van der Waals surface area contributed by atoms with Crippen LogP contribution in [-0.2, 0) is 13.0 Å². The highest BCUT2D eigenvalue weighted by Gasteiger charge is 2.37. The first-order chi connectivity index (χ1) is 27.8. The molecule has 300 valence electrons. The number of carbonyl (C=O) groups excluding carboxylic acids is 1. The fourth-order valence-corrected chi connectivity index (χ4v) is 10.4. The minimum absolute atomic E-state index is 0.0201. The zero-order valence-corrected chi connectivity index (χ0v) is 33.9. The SMILES string of the molecule is C=C1CCC(N2Cc3cc(N4CCN(CC5CCN(c6ccc(C7c8ccc(O)cc8CCC7C7=CCC(C)C=C7)cc6)CC5)CC4)ccc3C2=O)C(=C)N1.CF. The molecule has 4 unspecified atom stereocenters. The highest BCUT2D eigenvalue weighted by atomic mass is 19.1. The number of anilines is 2. The zero-order chi connectivity index (χ0) is 39.6. The van der Waals surface area contributed by atoms with E-state index in [4.69, 9.17) is 0 Å². The molecule has 7 nitrogen and oxygen atoms in total. The van der Waals surface area contributed by atoms with Gasteiger partial charge in [0.15, 0.2) is 0 Å². The summed E-state index contributed by atoms with van der Waals surface area (Å²) >= 11 is 0. The number of aryl methyl sites for hydroxylation is 1. The van der Waals surface area contributed by atoms with Crippen LogP contribution in [0.4, 0.5) is 15.8 Å². The number of hydrogen-bond acceptors (Lipinski definition) is 6. The van der Waals surface area contributed by atoms with Crippen LogP contribution in [0.15, 0.2) is 109 Å². The van der Waals surface area contributed by atoms with Gasteiger partial charge in [-0.15, -0.1) is 0 Å². The number of aromatic hydroxyl groups is 1. The lowest BCUT2D eigenvalue weighted by atomic mass is 9.68. The van der Waals surface area contributed by atoms with E-state index < -0.39 is 0 Å². The van der Waals surface area contributed by atoms with E-state index in [1.807, 2.05) is 23.1 Å². The van der Waals surface area contributed by atoms with Crippen molar-refractivity contribution in [2.75, 3.05) is 62.8 Å². The van der Waals surface area contributed by atoms with E-state index in [0.717, 1.165) is 99.8 Å². The molecule has 57 heavy (non-hydrogen) atoms. The fraction of sp³-hybridized carbons (Fsp3) is 0.449. The van der Waals surface area contributed by atoms with Gasteiger partial charge in [-0.25, -0.2) is 0 Å². The highest BCUT2D eigenvalue weighted by Crippen LogP contribution is 2.46. The summed E-state index contributed by atoms with van der Waals surface area (Å²) in [7, 11) is 0.500. The summed E-state index contributed by atoms with van der Waals surface area (Å²) in [5.74, 6) is 2.60. The van der Waals surface area contributed by atoms with Crippen LogP contribution in [0.5, 0.6) is 5.75 Å². The molecule has 0 bridgehead atoms. The van der Waals surface area contributed by atoms with E-state index in [0.29, 0.717) is 37.2 Å². The van der Waals surface area contributed by atoms with Crippen molar-refractivity contribution in [3.8, 4) is 5.75 Å². The molecule has 4 heterocycles. The smallest absolute Gasteiger partial charge is 0.255 e. The molecule has 4 atom stereocenters. The monoisotopic (exact) mass is 769 g/mol. The van der Waals surface area contributed by atoms with E-state index in [-0.39, 0.29) is 11.9 Å². The maximum absolute atomic E-state index is 13.3. The number of phenols is 1. The third-order valence-electron chi connectivity index (χ3n) is 13.6. The Hall–Kier alpha value is -4.82. The van der Waals surface area contributed by atoms with Gasteiger partial charge in [0, 0.05) is 86.6 Å². The molecule has 0 spiro atoms. The van der Waals surface area contributed by atoms with Crippen LogP contribution in [0.25, 0.3) is 0 Å². The summed E-state index contributed by atoms with van der Waals surface area (Å²) in [6.45, 7) is 18.8. The average Bonchev–Trinajstić information content (AvgIpc) is 3.56. The zero-order valence-electron chi connectivity index (χ0n) is 33.9. The average molecular weight is 770 g/mol. The maximum atomic E-state index is 13.3. The second-order valence-corrected chi connectivity index (χ2v) is 17.2. The second-order valence-electron chi connectivity index (χ2n) is 17.2. The molecule has 3 aromatic rings. The number of piperidine rings is 2. The predicted octanol–water partition coefficient (Wildman–Crippen LogP) is 8.97. The summed E-state index contributed by atoms with van der Waals surface area (Å²) in [5, 5.41) is 13.5. The second kappa shape index (κ2) is 17.0. The lowest BCUT2D eigenvalue weighted by Gasteiger charge is -2.40. The number of nitrogens with one attached hydrogen (secondary N) is 1. The summed E-state index contributed by atoms with van der Waals surface area (Å²) in [4.78, 5) is 23.1. The van der Waals surface area contributed by atoms with Gasteiger partial charge in [0.25, 0.3) is 5.91 Å². The van der Waals surface area contributed by atoms with Crippen molar-refractivity contribution in [1.29, 1.82) is 0 Å². The molecular weight excluding hydrogens is 710 g/mol. The third kappa shape index (κ3) is 8.16. The molecule has 8 heteroatoms. The molecule has 2 N–H and O–H groups in total. The Morgan fingerprint density at radius 3 is 2.28 bits per heavy atom. The summed E-state index contributed by atoms with van der Waals surface area (Å²) < 4.78 is 9.50. The molecule has 1 amide bonds. The van der Waals surface area contributed by atoms with Crippen molar-refractivity contribution in [3.05, 3.63) is 137 Å². The standard InChI is InChI=1S/C48H57N5O2.CH3F/c1-32-4-7-36(8-5-32)43-16-11-38-29-42(54)15-18-44(38)47(43)37-9-12-40(13-10-37)51-22-20-35(21-23-51)30-50-24-26-52(27-25-50)41-14-17-45-39(28-41)31-53(48(45)55)46-19-6-33(2)49-34(46)3;1-2/h4,7-10,12-15,17-18,28-29,32,35,43,46-47,49,54H,2-3,5-6,11,16,19-27,30-31H2,1H3;1H3. The van der Waals surface area contributed by atoms with E-state index in [1.54, 1.807) is 0 Å². The molecule has 9 rings (SSSR count). The van der Waals surface area contributed by atoms with Crippen LogP contribution in [-0.4, -0.2) is 79.8 Å². The molecule has 6 aliphatic rings. The van der Waals surface area contributed by atoms with Crippen LogP contribution in [0.3, 0.4) is 0 Å². The number of allylic oxidation sites excluding steroid dienone is 5. The number of nitrogens with zero attached hydrogens (tertiary/aromatic N) is 4. The number of phenolic OH excluding ortho intramolecular Hbond substituents is 1. The summed E-state index contributed by atoms with van der Waals surface area (Å²) in [6, 6.07) is 22.0. The Labute approximate surface area is 339 Å². The fourth-order valence-electron chi connectivity index (χ4n) is 10.4. The van der Waals surface area contributed by atoms with Gasteiger partial charge in [0.2, 0.25) is 0 Å². The predicted molar refractivity (Wildman–Crippen MR) is 231 cm³/mol. The van der Waals surface area contributed by atoms with E-state index >= 15 is 0 Å². The van der Waals surface area contributed by atoms with Crippen molar-refractivity contribution in [1.82, 2.24) is 15.1 Å². The molecular formula is C49H60FN5O2. The van der Waals surface area contributed by atoms with Gasteiger partial charge in [-0.1, -0.05) is 56.5 Å². The minimum Gasteiger partial charge on any atom is -0.508 e. The molecule has 3 fully saturated rings. The summed E-state index contributed by atoms with van der Waals surface area (Å²) in [6.07, 6.45) is 14.7. The van der Waals surface area contributed by atoms with E-state index in [9.17, 15) is 14.3 Å². The van der Waals surface area contributed by atoms with Crippen molar-refractivity contribution in [2.45, 2.75) is 70.4 Å². The van der Waals surface area contributed by atoms with Gasteiger partial charge in [0.05, 0.1) is 13.2 Å². The Balaban J connectivity index is 0.00000224. The normalized spacial score (nSPS) is 25.4. The van der Waals surface area contributed by atoms with Gasteiger partial charge in [-0.05, 0) is 133 Å². The number of hydrogen-bond donors (Lipinski definition) is 2. The maximum Gasteiger partial charge on any atom is 0.255 e. The number of piperazine rings is 1. The summed E-state index contributed by atoms with van der Waals surface area (Å²) in [5.41, 5.74) is 11.9. The van der Waals surface area contributed by atoms with Crippen molar-refractivity contribution < 1.29 is 14.3 Å². The Morgan fingerprint density at radius 2 is 1.56 bits per heavy atom. The van der Waals surface area contributed by atoms with E-state index in [2.05, 4.69) is 101 Å². The minimum atomic E-state index is 0.0201. The number of amides is 1. The molecule has 0 saturated carbocycles. The van der Waals surface area contributed by atoms with Gasteiger partial charge in [-0.2, -0.15) is 0 Å². The van der Waals surface area contributed by atoms with Gasteiger partial charge < -0.3 is 25.1 Å². The highest BCUT2D eigenvalue weighted by molar-refractivity contribution is 5.99. The first-order valence-electron chi connectivity index (χ1n) is 21.2. The molecule has 0 radical (unpaired) electrons. The third-order valence-corrected chi connectivity index (χ3v) is 13.6. The Bertz CT molecular complexity index is 2020. The van der Waals surface area contributed by atoms with Crippen LogP contribution in [0.2, 0.25) is 0 Å². The van der Waals surface area contributed by atoms with Gasteiger partial charge in [0.1, 0.15) is 5.75 Å². The molecule has 0 aromatic heterocycles. The van der Waals surface area contributed by atoms with Crippen LogP contribution in [0.1, 0.15) is 84.0 Å². The largest absolute Gasteiger partial charge is 0.508 e. The molecule has 4 aliphatic heterocycles. The van der Waals surface area contributed by atoms with Gasteiger partial charge in [-0.3, -0.25) is 14.1 Å². The van der Waals surface area contributed by atoms with Crippen LogP contribution in [0, 0.1) is 17.8 Å². The van der Waals surface area contributed by atoms with Crippen LogP contribution < -0.4 is 15.1 Å². The Morgan fingerprint density at radius 1 is 0.825 bits per heavy atom. The number of benzene rings is 3. The quantitative estimate of drug-likeness (QED) is 0.250. The van der Waals surface area contributed by atoms with Crippen molar-refractivity contribution in [2.24, 2.45) is 17.8 Å². The molecule has 2 aliphatic carbocycles. The van der Waals surface area contributed by atoms with Gasteiger partial charge >= 0.3 is 0 Å². The van der Waals surface area contributed by atoms with Crippen molar-refractivity contribution >= 4 is 17.3 Å². The molecule has 3 saturated heterocycles. The topological polar surface area (TPSA) is 62.3 Å². The van der Waals surface area contributed by atoms with E-state index in [1.165, 1.54) is 53.0 Å². The molecule has 3 aromatic carbocycles. The number of fused-ring (bicyclic) bond motifs is 2. The Kier molecular flexibility index (Phi) is 11.6. The first kappa shape index (κ1) is 39.0. The number of rotatable bonds is 7. The first-order valence-corrected chi connectivity index (χ1v) is 21.2.